The van der Waals surface area contributed by atoms with Crippen molar-refractivity contribution in [3.05, 3.63) is 16.8 Å². The predicted octanol–water partition coefficient (Wildman–Crippen LogP) is 3.54. The third-order valence-electron chi connectivity index (χ3n) is 2.56. The van der Waals surface area contributed by atoms with E-state index >= 15 is 0 Å². The minimum absolute atomic E-state index is 0.361. The average molecular weight is 314 g/mol. The van der Waals surface area contributed by atoms with Crippen LogP contribution in [0.5, 0.6) is 0 Å². The molecule has 2 rings (SSSR count). The van der Waals surface area contributed by atoms with Crippen molar-refractivity contribution < 1.29 is 9.90 Å². The number of carbonyl (C=O) groups is 1. The fourth-order valence-corrected chi connectivity index (χ4v) is 4.55. The SMILES string of the molecule is CCSCCSc1ncnc2sc(C(=O)O)c(C)c12. The molecule has 7 heteroatoms. The largest absolute Gasteiger partial charge is 0.477 e. The van der Waals surface area contributed by atoms with Crippen LogP contribution in [-0.2, 0) is 0 Å². The van der Waals surface area contributed by atoms with Crippen LogP contribution in [0, 0.1) is 6.92 Å². The van der Waals surface area contributed by atoms with E-state index in [1.165, 1.54) is 17.7 Å². The number of carboxylic acid groups (broad SMARTS) is 1. The van der Waals surface area contributed by atoms with E-state index < -0.39 is 5.97 Å². The van der Waals surface area contributed by atoms with Crippen LogP contribution in [0.3, 0.4) is 0 Å². The number of thioether (sulfide) groups is 2. The van der Waals surface area contributed by atoms with Gasteiger partial charge in [-0.2, -0.15) is 11.8 Å². The maximum absolute atomic E-state index is 11.2. The molecule has 0 amide bonds. The van der Waals surface area contributed by atoms with Crippen molar-refractivity contribution in [2.75, 3.05) is 17.3 Å². The fraction of sp³-hybridized carbons (Fsp3) is 0.417. The molecule has 0 aromatic carbocycles. The zero-order valence-corrected chi connectivity index (χ0v) is 13.1. The second kappa shape index (κ2) is 6.58. The van der Waals surface area contributed by atoms with E-state index in [0.29, 0.717) is 4.88 Å². The minimum Gasteiger partial charge on any atom is -0.477 e. The van der Waals surface area contributed by atoms with Crippen molar-refractivity contribution >= 4 is 51.0 Å². The molecule has 0 aliphatic rings. The van der Waals surface area contributed by atoms with Gasteiger partial charge in [-0.25, -0.2) is 14.8 Å². The number of hydrogen-bond donors (Lipinski definition) is 1. The highest BCUT2D eigenvalue weighted by Gasteiger charge is 2.18. The Morgan fingerprint density at radius 1 is 1.42 bits per heavy atom. The maximum Gasteiger partial charge on any atom is 0.346 e. The van der Waals surface area contributed by atoms with Gasteiger partial charge >= 0.3 is 5.97 Å². The first-order chi connectivity index (χ1) is 9.15. The number of aromatic nitrogens is 2. The van der Waals surface area contributed by atoms with E-state index in [1.807, 2.05) is 18.7 Å². The van der Waals surface area contributed by atoms with E-state index in [0.717, 1.165) is 38.1 Å². The van der Waals surface area contributed by atoms with Gasteiger partial charge in [0.25, 0.3) is 0 Å². The zero-order valence-electron chi connectivity index (χ0n) is 10.7. The smallest absolute Gasteiger partial charge is 0.346 e. The summed E-state index contributed by atoms with van der Waals surface area (Å²) >= 11 is 4.78. The van der Waals surface area contributed by atoms with Crippen LogP contribution >= 0.6 is 34.9 Å². The summed E-state index contributed by atoms with van der Waals surface area (Å²) in [6.07, 6.45) is 1.51. The highest BCUT2D eigenvalue weighted by molar-refractivity contribution is 8.03. The Labute approximate surface area is 124 Å². The molecule has 0 aliphatic carbocycles. The number of thiophene rings is 1. The summed E-state index contributed by atoms with van der Waals surface area (Å²) in [5, 5.41) is 10.9. The van der Waals surface area contributed by atoms with Gasteiger partial charge in [0.1, 0.15) is 21.1 Å². The molecule has 0 unspecified atom stereocenters. The van der Waals surface area contributed by atoms with Crippen LogP contribution in [0.2, 0.25) is 0 Å². The van der Waals surface area contributed by atoms with Gasteiger partial charge in [0.2, 0.25) is 0 Å². The van der Waals surface area contributed by atoms with Gasteiger partial charge in [-0.3, -0.25) is 0 Å². The monoisotopic (exact) mass is 314 g/mol. The molecule has 0 saturated heterocycles. The molecular formula is C12H14N2O2S3. The molecule has 0 atom stereocenters. The van der Waals surface area contributed by atoms with Crippen molar-refractivity contribution in [1.29, 1.82) is 0 Å². The molecular weight excluding hydrogens is 300 g/mol. The lowest BCUT2D eigenvalue weighted by molar-refractivity contribution is 0.0701. The maximum atomic E-state index is 11.2. The summed E-state index contributed by atoms with van der Waals surface area (Å²) in [6.45, 7) is 3.97. The Bertz CT molecular complexity index is 598. The van der Waals surface area contributed by atoms with Gasteiger partial charge in [0.05, 0.1) is 0 Å². The molecule has 2 aromatic rings. The first-order valence-electron chi connectivity index (χ1n) is 5.83. The fourth-order valence-electron chi connectivity index (χ4n) is 1.69. The lowest BCUT2D eigenvalue weighted by atomic mass is 10.2. The van der Waals surface area contributed by atoms with Crippen LogP contribution < -0.4 is 0 Å². The molecule has 0 fully saturated rings. The van der Waals surface area contributed by atoms with Crippen molar-refractivity contribution in [2.45, 2.75) is 18.9 Å². The van der Waals surface area contributed by atoms with Crippen LogP contribution in [-0.4, -0.2) is 38.3 Å². The summed E-state index contributed by atoms with van der Waals surface area (Å²) in [7, 11) is 0. The van der Waals surface area contributed by atoms with E-state index in [4.69, 9.17) is 5.11 Å². The number of rotatable bonds is 6. The quantitative estimate of drug-likeness (QED) is 0.500. The van der Waals surface area contributed by atoms with E-state index in [9.17, 15) is 4.79 Å². The Balaban J connectivity index is 2.31. The summed E-state index contributed by atoms with van der Waals surface area (Å²) in [6, 6.07) is 0. The van der Waals surface area contributed by atoms with Crippen molar-refractivity contribution in [3.63, 3.8) is 0 Å². The molecule has 102 valence electrons. The zero-order chi connectivity index (χ0) is 13.8. The van der Waals surface area contributed by atoms with Crippen molar-refractivity contribution in [2.24, 2.45) is 0 Å². The molecule has 0 bridgehead atoms. The molecule has 0 saturated carbocycles. The Kier molecular flexibility index (Phi) is 5.06. The lowest BCUT2D eigenvalue weighted by Crippen LogP contribution is -1.94. The van der Waals surface area contributed by atoms with Crippen LogP contribution in [0.1, 0.15) is 22.2 Å². The summed E-state index contributed by atoms with van der Waals surface area (Å²) in [5.41, 5.74) is 0.777. The minimum atomic E-state index is -0.891. The van der Waals surface area contributed by atoms with E-state index in [-0.39, 0.29) is 0 Å². The standard InChI is InChI=1S/C12H14N2O2S3/c1-3-17-4-5-18-10-8-7(2)9(12(15)16)19-11(8)14-6-13-10/h6H,3-5H2,1-2H3,(H,15,16). The van der Waals surface area contributed by atoms with E-state index in [2.05, 4.69) is 16.9 Å². The predicted molar refractivity (Wildman–Crippen MR) is 82.8 cm³/mol. The van der Waals surface area contributed by atoms with E-state index in [1.54, 1.807) is 11.8 Å². The van der Waals surface area contributed by atoms with Gasteiger partial charge < -0.3 is 5.11 Å². The van der Waals surface area contributed by atoms with Gasteiger partial charge in [0, 0.05) is 16.9 Å². The topological polar surface area (TPSA) is 63.1 Å². The van der Waals surface area contributed by atoms with Gasteiger partial charge in [-0.15, -0.1) is 23.1 Å². The molecule has 1 N–H and O–H groups in total. The average Bonchev–Trinajstić information content (AvgIpc) is 2.73. The number of aryl methyl sites for hydroxylation is 1. The normalized spacial score (nSPS) is 11.1. The third kappa shape index (κ3) is 3.21. The van der Waals surface area contributed by atoms with Crippen LogP contribution in [0.4, 0.5) is 0 Å². The number of fused-ring (bicyclic) bond motifs is 1. The lowest BCUT2D eigenvalue weighted by Gasteiger charge is -2.02. The number of nitrogens with zero attached hydrogens (tertiary/aromatic N) is 2. The molecule has 0 aliphatic heterocycles. The molecule has 0 spiro atoms. The van der Waals surface area contributed by atoms with Gasteiger partial charge in [0.15, 0.2) is 0 Å². The molecule has 19 heavy (non-hydrogen) atoms. The number of hydrogen-bond acceptors (Lipinski definition) is 6. The molecule has 0 radical (unpaired) electrons. The molecule has 2 heterocycles. The first kappa shape index (κ1) is 14.6. The highest BCUT2D eigenvalue weighted by Crippen LogP contribution is 2.35. The second-order valence-electron chi connectivity index (χ2n) is 3.77. The number of carboxylic acids is 1. The third-order valence-corrected chi connectivity index (χ3v) is 5.90. The summed E-state index contributed by atoms with van der Waals surface area (Å²) in [4.78, 5) is 20.7. The van der Waals surface area contributed by atoms with Gasteiger partial charge in [-0.05, 0) is 18.2 Å². The number of aromatic carboxylic acids is 1. The summed E-state index contributed by atoms with van der Waals surface area (Å²) in [5.74, 6) is 2.27. The second-order valence-corrected chi connectivity index (χ2v) is 7.24. The van der Waals surface area contributed by atoms with Gasteiger partial charge in [-0.1, -0.05) is 6.92 Å². The van der Waals surface area contributed by atoms with Crippen LogP contribution in [0.25, 0.3) is 10.2 Å². The summed E-state index contributed by atoms with van der Waals surface area (Å²) < 4.78 is 0. The molecule has 4 nitrogen and oxygen atoms in total. The highest BCUT2D eigenvalue weighted by atomic mass is 32.2. The Morgan fingerprint density at radius 2 is 2.21 bits per heavy atom. The molecule has 2 aromatic heterocycles. The van der Waals surface area contributed by atoms with Crippen LogP contribution in [0.15, 0.2) is 11.4 Å². The van der Waals surface area contributed by atoms with Crippen molar-refractivity contribution in [1.82, 2.24) is 9.97 Å². The first-order valence-corrected chi connectivity index (χ1v) is 8.78. The Hall–Kier alpha value is -0.790. The van der Waals surface area contributed by atoms with Crippen molar-refractivity contribution in [3.8, 4) is 0 Å². The Morgan fingerprint density at radius 3 is 2.89 bits per heavy atom.